The molecule has 1 atom stereocenters. The second kappa shape index (κ2) is 10.3. The molecule has 1 aromatic rings. The fourth-order valence-electron chi connectivity index (χ4n) is 2.66. The van der Waals surface area contributed by atoms with Crippen LogP contribution in [0.5, 0.6) is 5.75 Å². The van der Waals surface area contributed by atoms with Gasteiger partial charge < -0.3 is 4.74 Å². The minimum absolute atomic E-state index is 0.129. The summed E-state index contributed by atoms with van der Waals surface area (Å²) >= 11 is -5.14. The Morgan fingerprint density at radius 3 is 2.48 bits per heavy atom. The Morgan fingerprint density at radius 2 is 2.00 bits per heavy atom. The average Bonchev–Trinajstić information content (AvgIpc) is 2.98. The van der Waals surface area contributed by atoms with Crippen LogP contribution >= 0.6 is 0 Å². The Bertz CT molecular complexity index is 742. The van der Waals surface area contributed by atoms with E-state index in [-0.39, 0.29) is 27.7 Å². The van der Waals surface area contributed by atoms with Crippen molar-refractivity contribution in [2.75, 3.05) is 12.4 Å². The molecule has 150 valence electrons. The van der Waals surface area contributed by atoms with E-state index in [0.29, 0.717) is 25.0 Å². The summed E-state index contributed by atoms with van der Waals surface area (Å²) in [5.74, 6) is -0.646. The van der Waals surface area contributed by atoms with Crippen molar-refractivity contribution in [3.8, 4) is 5.75 Å². The molecule has 9 nitrogen and oxygen atoms in total. The number of anilines is 1. The molecule has 0 spiro atoms. The standard InChI is InChI=1S/C9H14O3.C8H10AsNO5/c1-12-9(11)6-5-7-3-2-4-8(7)10;1-5(11)10-8-6(9(13,14)15)3-2-4-7(8)12/h7H,2-6H2,1H3;2-4,12H,1H3,(H,10,11)(H2,13,14,15). The number of amides is 1. The molecule has 1 aromatic carbocycles. The number of phenols is 1. The molecule has 1 unspecified atom stereocenters. The zero-order valence-corrected chi connectivity index (χ0v) is 17.1. The van der Waals surface area contributed by atoms with Crippen LogP contribution in [0.3, 0.4) is 0 Å². The molecule has 1 aliphatic carbocycles. The molecule has 0 saturated heterocycles. The Labute approximate surface area is 159 Å². The maximum Gasteiger partial charge on any atom is 0.305 e. The van der Waals surface area contributed by atoms with Crippen LogP contribution in [0, 0.1) is 5.92 Å². The molecule has 27 heavy (non-hydrogen) atoms. The fraction of sp³-hybridized carbons (Fsp3) is 0.471. The zero-order valence-electron chi connectivity index (χ0n) is 15.2. The third kappa shape index (κ3) is 7.58. The van der Waals surface area contributed by atoms with Gasteiger partial charge in [0.1, 0.15) is 5.78 Å². The van der Waals surface area contributed by atoms with Crippen molar-refractivity contribution in [2.45, 2.75) is 39.0 Å². The molecule has 1 saturated carbocycles. The number of para-hydroxylation sites is 1. The Hall–Kier alpha value is -2.09. The first-order chi connectivity index (χ1) is 12.6. The first kappa shape index (κ1) is 22.9. The Kier molecular flexibility index (Phi) is 8.75. The molecule has 0 aliphatic heterocycles. The topological polar surface area (TPSA) is 150 Å². The number of Topliss-reactive ketones (excluding diaryl/α,β-unsaturated/α-hetero) is 1. The van der Waals surface area contributed by atoms with E-state index >= 15 is 0 Å². The smallest absolute Gasteiger partial charge is 0.305 e. The van der Waals surface area contributed by atoms with E-state index in [4.69, 9.17) is 8.19 Å². The van der Waals surface area contributed by atoms with E-state index in [1.54, 1.807) is 0 Å². The van der Waals surface area contributed by atoms with Crippen LogP contribution in [0.1, 0.15) is 39.0 Å². The van der Waals surface area contributed by atoms with Gasteiger partial charge in [-0.25, -0.2) is 0 Å². The van der Waals surface area contributed by atoms with Crippen LogP contribution in [0.15, 0.2) is 18.2 Å². The van der Waals surface area contributed by atoms with E-state index in [2.05, 4.69) is 10.1 Å². The Balaban J connectivity index is 0.000000277. The summed E-state index contributed by atoms with van der Waals surface area (Å²) < 4.78 is 33.3. The minimum atomic E-state index is -5.14. The van der Waals surface area contributed by atoms with Gasteiger partial charge in [0, 0.05) is 18.8 Å². The number of aromatic hydroxyl groups is 1. The summed E-state index contributed by atoms with van der Waals surface area (Å²) in [7, 11) is 1.37. The molecule has 0 heterocycles. The van der Waals surface area contributed by atoms with Crippen LogP contribution in [-0.2, 0) is 22.9 Å². The summed E-state index contributed by atoms with van der Waals surface area (Å²) in [6, 6.07) is 3.71. The van der Waals surface area contributed by atoms with E-state index < -0.39 is 20.1 Å². The van der Waals surface area contributed by atoms with Gasteiger partial charge >= 0.3 is 94.1 Å². The molecule has 1 aliphatic rings. The summed E-state index contributed by atoms with van der Waals surface area (Å²) in [5.41, 5.74) is -0.225. The zero-order chi connectivity index (χ0) is 20.6. The summed E-state index contributed by atoms with van der Waals surface area (Å²) in [6.45, 7) is 1.18. The van der Waals surface area contributed by atoms with Crippen molar-refractivity contribution < 1.29 is 36.2 Å². The third-order valence-corrected chi connectivity index (χ3v) is 6.09. The number of carbonyl (C=O) groups excluding carboxylic acids is 3. The molecule has 0 bridgehead atoms. The number of hydrogen-bond acceptors (Lipinski definition) is 6. The SMILES string of the molecule is CC(=O)Nc1c(O)cccc1[As](=O)(O)O.COC(=O)CCC1CCCC1=O. The monoisotopic (exact) mass is 445 g/mol. The van der Waals surface area contributed by atoms with Crippen LogP contribution in [0.2, 0.25) is 0 Å². The molecule has 10 heteroatoms. The van der Waals surface area contributed by atoms with Crippen LogP contribution in [0.25, 0.3) is 0 Å². The number of benzene rings is 1. The molecule has 0 radical (unpaired) electrons. The van der Waals surface area contributed by atoms with Crippen molar-refractivity contribution >= 4 is 41.9 Å². The largest absolute Gasteiger partial charge is 0.469 e. The van der Waals surface area contributed by atoms with Gasteiger partial charge in [-0.2, -0.15) is 0 Å². The summed E-state index contributed by atoms with van der Waals surface area (Å²) in [6.07, 6.45) is 3.70. The molecule has 0 aromatic heterocycles. The second-order valence-electron chi connectivity index (χ2n) is 6.07. The fourth-order valence-corrected chi connectivity index (χ4v) is 4.22. The van der Waals surface area contributed by atoms with Gasteiger partial charge in [-0.3, -0.25) is 9.59 Å². The maximum absolute atomic E-state index is 11.1. The number of phenolic OH excluding ortho intramolecular Hbond substituents is 1. The van der Waals surface area contributed by atoms with Crippen LogP contribution < -0.4 is 9.67 Å². The van der Waals surface area contributed by atoms with Gasteiger partial charge in [-0.1, -0.05) is 0 Å². The molecular weight excluding hydrogens is 421 g/mol. The van der Waals surface area contributed by atoms with Gasteiger partial charge in [0.2, 0.25) is 0 Å². The first-order valence-electron chi connectivity index (χ1n) is 8.31. The number of methoxy groups -OCH3 is 1. The number of ketones is 1. The van der Waals surface area contributed by atoms with E-state index in [1.807, 2.05) is 0 Å². The van der Waals surface area contributed by atoms with Crippen molar-refractivity contribution in [1.82, 2.24) is 0 Å². The van der Waals surface area contributed by atoms with Crippen molar-refractivity contribution in [3.63, 3.8) is 0 Å². The molecule has 2 rings (SSSR count). The van der Waals surface area contributed by atoms with E-state index in [0.717, 1.165) is 12.8 Å². The van der Waals surface area contributed by atoms with Gasteiger partial charge in [0.15, 0.2) is 0 Å². The average molecular weight is 445 g/mol. The van der Waals surface area contributed by atoms with Gasteiger partial charge in [0.05, 0.1) is 7.11 Å². The quantitative estimate of drug-likeness (QED) is 0.286. The first-order valence-corrected chi connectivity index (χ1v) is 11.7. The normalized spacial score (nSPS) is 16.3. The van der Waals surface area contributed by atoms with Crippen molar-refractivity contribution in [3.05, 3.63) is 18.2 Å². The number of rotatable bonds is 5. The summed E-state index contributed by atoms with van der Waals surface area (Å²) in [4.78, 5) is 32.6. The van der Waals surface area contributed by atoms with Crippen LogP contribution in [0.4, 0.5) is 5.69 Å². The van der Waals surface area contributed by atoms with Crippen LogP contribution in [-0.4, -0.2) is 52.2 Å². The number of hydrogen-bond donors (Lipinski definition) is 4. The molecular formula is C17H24AsNO8. The summed E-state index contributed by atoms with van der Waals surface area (Å²) in [5, 5.41) is 11.5. The minimum Gasteiger partial charge on any atom is -0.469 e. The number of carbonyl (C=O) groups is 3. The molecule has 1 amide bonds. The van der Waals surface area contributed by atoms with E-state index in [9.17, 15) is 23.2 Å². The molecule has 4 N–H and O–H groups in total. The number of nitrogens with one attached hydrogen (secondary N) is 1. The van der Waals surface area contributed by atoms with Gasteiger partial charge in [-0.05, 0) is 19.3 Å². The predicted octanol–water partition coefficient (Wildman–Crippen LogP) is 0.220. The third-order valence-electron chi connectivity index (χ3n) is 3.99. The van der Waals surface area contributed by atoms with Gasteiger partial charge in [0.25, 0.3) is 0 Å². The Morgan fingerprint density at radius 1 is 1.33 bits per heavy atom. The number of ether oxygens (including phenoxy) is 1. The maximum atomic E-state index is 11.1. The van der Waals surface area contributed by atoms with Crippen molar-refractivity contribution in [1.29, 1.82) is 0 Å². The number of esters is 1. The van der Waals surface area contributed by atoms with Gasteiger partial charge in [-0.15, -0.1) is 0 Å². The van der Waals surface area contributed by atoms with Crippen molar-refractivity contribution in [2.24, 2.45) is 5.92 Å². The second-order valence-corrected chi connectivity index (χ2v) is 9.36. The predicted molar refractivity (Wildman–Crippen MR) is 96.5 cm³/mol. The van der Waals surface area contributed by atoms with E-state index in [1.165, 1.54) is 32.2 Å². The molecule has 1 fully saturated rings.